The lowest BCUT2D eigenvalue weighted by Crippen LogP contribution is -2.47. The van der Waals surface area contributed by atoms with Gasteiger partial charge < -0.3 is 10.4 Å². The van der Waals surface area contributed by atoms with Gasteiger partial charge in [-0.05, 0) is 37.9 Å². The van der Waals surface area contributed by atoms with E-state index in [-0.39, 0.29) is 12.5 Å². The highest BCUT2D eigenvalue weighted by molar-refractivity contribution is 5.94. The van der Waals surface area contributed by atoms with Crippen molar-refractivity contribution >= 4 is 5.91 Å². The van der Waals surface area contributed by atoms with Gasteiger partial charge in [-0.25, -0.2) is 0 Å². The molecule has 1 amide bonds. The molecule has 4 nitrogen and oxygen atoms in total. The Morgan fingerprint density at radius 1 is 1.30 bits per heavy atom. The highest BCUT2D eigenvalue weighted by atomic mass is 16.3. The van der Waals surface area contributed by atoms with E-state index in [1.165, 1.54) is 12.8 Å². The predicted molar refractivity (Wildman–Crippen MR) is 79.7 cm³/mol. The molecule has 1 atom stereocenters. The molecule has 0 aliphatic carbocycles. The van der Waals surface area contributed by atoms with Crippen molar-refractivity contribution in [2.75, 3.05) is 26.2 Å². The van der Waals surface area contributed by atoms with Gasteiger partial charge in [-0.1, -0.05) is 24.6 Å². The molecule has 110 valence electrons. The number of amides is 1. The Balaban J connectivity index is 1.83. The predicted octanol–water partition coefficient (Wildman–Crippen LogP) is 1.65. The van der Waals surface area contributed by atoms with Crippen molar-refractivity contribution in [3.05, 3.63) is 35.9 Å². The Morgan fingerprint density at radius 2 is 2.10 bits per heavy atom. The zero-order chi connectivity index (χ0) is 14.2. The molecule has 1 aliphatic heterocycles. The molecule has 1 unspecified atom stereocenters. The third-order valence-corrected chi connectivity index (χ3v) is 3.89. The van der Waals surface area contributed by atoms with E-state index in [1.54, 1.807) is 0 Å². The maximum atomic E-state index is 12.0. The number of piperidine rings is 1. The maximum absolute atomic E-state index is 12.0. The van der Waals surface area contributed by atoms with E-state index < -0.39 is 0 Å². The highest BCUT2D eigenvalue weighted by Crippen LogP contribution is 2.16. The minimum Gasteiger partial charge on any atom is -0.396 e. The van der Waals surface area contributed by atoms with Gasteiger partial charge in [0.15, 0.2) is 0 Å². The normalized spacial score (nSPS) is 19.8. The molecular weight excluding hydrogens is 252 g/mol. The van der Waals surface area contributed by atoms with Gasteiger partial charge in [0.25, 0.3) is 5.91 Å². The second-order valence-electron chi connectivity index (χ2n) is 5.34. The molecule has 2 N–H and O–H groups in total. The number of benzene rings is 1. The fourth-order valence-corrected chi connectivity index (χ4v) is 2.76. The number of rotatable bonds is 6. The first-order chi connectivity index (χ1) is 9.81. The zero-order valence-corrected chi connectivity index (χ0v) is 11.9. The summed E-state index contributed by atoms with van der Waals surface area (Å²) in [5.74, 6) is -0.00159. The number of aliphatic hydroxyl groups is 1. The molecule has 20 heavy (non-hydrogen) atoms. The van der Waals surface area contributed by atoms with Gasteiger partial charge in [-0.3, -0.25) is 9.69 Å². The molecule has 0 spiro atoms. The van der Waals surface area contributed by atoms with Crippen LogP contribution in [-0.4, -0.2) is 48.2 Å². The van der Waals surface area contributed by atoms with Gasteiger partial charge in [0.2, 0.25) is 0 Å². The Labute approximate surface area is 120 Å². The first-order valence-electron chi connectivity index (χ1n) is 7.49. The van der Waals surface area contributed by atoms with E-state index in [0.29, 0.717) is 18.2 Å². The highest BCUT2D eigenvalue weighted by Gasteiger charge is 2.22. The fourth-order valence-electron chi connectivity index (χ4n) is 2.76. The van der Waals surface area contributed by atoms with E-state index in [9.17, 15) is 4.79 Å². The van der Waals surface area contributed by atoms with Crippen molar-refractivity contribution in [1.82, 2.24) is 10.2 Å². The SMILES string of the molecule is O=C(NCC1CCCCN1CCCO)c1ccccc1. The first kappa shape index (κ1) is 15.0. The van der Waals surface area contributed by atoms with Crippen LogP contribution in [0.2, 0.25) is 0 Å². The molecule has 1 aliphatic rings. The third-order valence-electron chi connectivity index (χ3n) is 3.89. The summed E-state index contributed by atoms with van der Waals surface area (Å²) in [6.45, 7) is 2.92. The number of hydrogen-bond donors (Lipinski definition) is 2. The molecule has 1 fully saturated rings. The Kier molecular flexibility index (Phi) is 6.02. The monoisotopic (exact) mass is 276 g/mol. The third kappa shape index (κ3) is 4.32. The molecule has 1 saturated heterocycles. The number of hydrogen-bond acceptors (Lipinski definition) is 3. The van der Waals surface area contributed by atoms with Gasteiger partial charge in [0.05, 0.1) is 0 Å². The fraction of sp³-hybridized carbons (Fsp3) is 0.562. The van der Waals surface area contributed by atoms with E-state index in [2.05, 4.69) is 10.2 Å². The Hall–Kier alpha value is -1.39. The number of likely N-dealkylation sites (tertiary alicyclic amines) is 1. The van der Waals surface area contributed by atoms with Gasteiger partial charge >= 0.3 is 0 Å². The van der Waals surface area contributed by atoms with Crippen LogP contribution < -0.4 is 5.32 Å². The lowest BCUT2D eigenvalue weighted by molar-refractivity contribution is 0.0906. The van der Waals surface area contributed by atoms with Gasteiger partial charge in [0.1, 0.15) is 0 Å². The van der Waals surface area contributed by atoms with Crippen molar-refractivity contribution in [3.63, 3.8) is 0 Å². The number of nitrogens with one attached hydrogen (secondary N) is 1. The van der Waals surface area contributed by atoms with Gasteiger partial charge in [-0.15, -0.1) is 0 Å². The van der Waals surface area contributed by atoms with E-state index in [0.717, 1.165) is 25.9 Å². The number of carbonyl (C=O) groups is 1. The van der Waals surface area contributed by atoms with Crippen LogP contribution in [0, 0.1) is 0 Å². The van der Waals surface area contributed by atoms with Crippen molar-refractivity contribution in [1.29, 1.82) is 0 Å². The van der Waals surface area contributed by atoms with Crippen LogP contribution in [-0.2, 0) is 0 Å². The maximum Gasteiger partial charge on any atom is 0.251 e. The molecule has 0 aromatic heterocycles. The average Bonchev–Trinajstić information content (AvgIpc) is 2.52. The molecule has 2 rings (SSSR count). The van der Waals surface area contributed by atoms with Crippen LogP contribution in [0.4, 0.5) is 0 Å². The molecule has 0 saturated carbocycles. The summed E-state index contributed by atoms with van der Waals surface area (Å²) < 4.78 is 0. The zero-order valence-electron chi connectivity index (χ0n) is 11.9. The van der Waals surface area contributed by atoms with Crippen LogP contribution in [0.5, 0.6) is 0 Å². The minimum absolute atomic E-state index is 0.00159. The van der Waals surface area contributed by atoms with Crippen molar-refractivity contribution in [2.24, 2.45) is 0 Å². The van der Waals surface area contributed by atoms with Crippen molar-refractivity contribution in [2.45, 2.75) is 31.7 Å². The molecule has 0 radical (unpaired) electrons. The molecular formula is C16H24N2O2. The number of nitrogens with zero attached hydrogens (tertiary/aromatic N) is 1. The smallest absolute Gasteiger partial charge is 0.251 e. The van der Waals surface area contributed by atoms with Crippen LogP contribution in [0.1, 0.15) is 36.0 Å². The topological polar surface area (TPSA) is 52.6 Å². The van der Waals surface area contributed by atoms with Crippen LogP contribution in [0.3, 0.4) is 0 Å². The second kappa shape index (κ2) is 8.02. The minimum atomic E-state index is -0.00159. The lowest BCUT2D eigenvalue weighted by Gasteiger charge is -2.35. The lowest BCUT2D eigenvalue weighted by atomic mass is 10.0. The Morgan fingerprint density at radius 3 is 2.85 bits per heavy atom. The average molecular weight is 276 g/mol. The summed E-state index contributed by atoms with van der Waals surface area (Å²) in [4.78, 5) is 14.4. The van der Waals surface area contributed by atoms with Gasteiger partial charge in [-0.2, -0.15) is 0 Å². The molecule has 4 heteroatoms. The molecule has 1 aromatic carbocycles. The van der Waals surface area contributed by atoms with Crippen LogP contribution >= 0.6 is 0 Å². The second-order valence-corrected chi connectivity index (χ2v) is 5.34. The summed E-state index contributed by atoms with van der Waals surface area (Å²) >= 11 is 0. The van der Waals surface area contributed by atoms with E-state index >= 15 is 0 Å². The van der Waals surface area contributed by atoms with Crippen LogP contribution in [0.15, 0.2) is 30.3 Å². The number of carbonyl (C=O) groups excluding carboxylic acids is 1. The molecule has 1 aromatic rings. The summed E-state index contributed by atoms with van der Waals surface area (Å²) in [6.07, 6.45) is 4.37. The van der Waals surface area contributed by atoms with Crippen molar-refractivity contribution < 1.29 is 9.90 Å². The summed E-state index contributed by atoms with van der Waals surface area (Å²) in [5, 5.41) is 12.0. The largest absolute Gasteiger partial charge is 0.396 e. The summed E-state index contributed by atoms with van der Waals surface area (Å²) in [5.41, 5.74) is 0.713. The van der Waals surface area contributed by atoms with Crippen LogP contribution in [0.25, 0.3) is 0 Å². The first-order valence-corrected chi connectivity index (χ1v) is 7.49. The quantitative estimate of drug-likeness (QED) is 0.831. The molecule has 1 heterocycles. The van der Waals surface area contributed by atoms with E-state index in [4.69, 9.17) is 5.11 Å². The van der Waals surface area contributed by atoms with E-state index in [1.807, 2.05) is 30.3 Å². The summed E-state index contributed by atoms with van der Waals surface area (Å²) in [7, 11) is 0. The summed E-state index contributed by atoms with van der Waals surface area (Å²) in [6, 6.07) is 9.74. The standard InChI is InChI=1S/C16H24N2O2/c19-12-6-11-18-10-5-4-9-15(18)13-17-16(20)14-7-2-1-3-8-14/h1-3,7-8,15,19H,4-6,9-13H2,(H,17,20). The van der Waals surface area contributed by atoms with Crippen molar-refractivity contribution in [3.8, 4) is 0 Å². The Bertz CT molecular complexity index is 408. The number of aliphatic hydroxyl groups excluding tert-OH is 1. The van der Waals surface area contributed by atoms with Gasteiger partial charge in [0, 0.05) is 31.3 Å². The molecule has 0 bridgehead atoms.